The van der Waals surface area contributed by atoms with Gasteiger partial charge in [-0.25, -0.2) is 4.39 Å². The average molecular weight is 389 g/mol. The number of rotatable bonds is 4. The third-order valence-electron chi connectivity index (χ3n) is 6.74. The van der Waals surface area contributed by atoms with Gasteiger partial charge in [0.25, 0.3) is 0 Å². The predicted molar refractivity (Wildman–Crippen MR) is 110 cm³/mol. The smallest absolute Gasteiger partial charge is 0.193 e. The second kappa shape index (κ2) is 8.78. The standard InChI is InChI=1S/C22H33FN4O/c1-24-21(27-12-8-22(16-27)9-13-28-17-22)25-14-18-6-10-26(11-7-18)15-19-4-2-3-5-20(19)23/h2-5,18H,6-17H2,1H3,(H,24,25). The van der Waals surface area contributed by atoms with E-state index in [4.69, 9.17) is 4.74 Å². The van der Waals surface area contributed by atoms with Crippen molar-refractivity contribution in [2.24, 2.45) is 16.3 Å². The summed E-state index contributed by atoms with van der Waals surface area (Å²) in [4.78, 5) is 9.30. The summed E-state index contributed by atoms with van der Waals surface area (Å²) in [5, 5.41) is 3.62. The number of hydrogen-bond donors (Lipinski definition) is 1. The maximum Gasteiger partial charge on any atom is 0.193 e. The first-order valence-electron chi connectivity index (χ1n) is 10.7. The maximum absolute atomic E-state index is 13.9. The second-order valence-corrected chi connectivity index (χ2v) is 8.71. The lowest BCUT2D eigenvalue weighted by Crippen LogP contribution is -2.44. The lowest BCUT2D eigenvalue weighted by molar-refractivity contribution is 0.156. The fraction of sp³-hybridized carbons (Fsp3) is 0.682. The van der Waals surface area contributed by atoms with Gasteiger partial charge in [-0.15, -0.1) is 0 Å². The Hall–Kier alpha value is -1.66. The molecule has 1 N–H and O–H groups in total. The van der Waals surface area contributed by atoms with Crippen LogP contribution < -0.4 is 5.32 Å². The third kappa shape index (κ3) is 4.49. The number of aliphatic imine (C=N–C) groups is 1. The highest BCUT2D eigenvalue weighted by Crippen LogP contribution is 2.38. The van der Waals surface area contributed by atoms with Crippen LogP contribution in [-0.4, -0.2) is 68.7 Å². The van der Waals surface area contributed by atoms with E-state index in [-0.39, 0.29) is 5.82 Å². The van der Waals surface area contributed by atoms with Crippen LogP contribution in [-0.2, 0) is 11.3 Å². The molecule has 0 amide bonds. The molecule has 0 saturated carbocycles. The Bertz CT molecular complexity index is 681. The summed E-state index contributed by atoms with van der Waals surface area (Å²) >= 11 is 0. The van der Waals surface area contributed by atoms with Crippen LogP contribution in [0.5, 0.6) is 0 Å². The molecule has 1 spiro atoms. The number of halogens is 1. The van der Waals surface area contributed by atoms with Crippen molar-refractivity contribution in [3.05, 3.63) is 35.6 Å². The number of hydrogen-bond acceptors (Lipinski definition) is 3. The largest absolute Gasteiger partial charge is 0.381 e. The first-order valence-corrected chi connectivity index (χ1v) is 10.7. The Morgan fingerprint density at radius 2 is 2.07 bits per heavy atom. The van der Waals surface area contributed by atoms with E-state index in [1.165, 1.54) is 12.8 Å². The van der Waals surface area contributed by atoms with Gasteiger partial charge in [-0.3, -0.25) is 9.89 Å². The van der Waals surface area contributed by atoms with Crippen LogP contribution in [0.25, 0.3) is 0 Å². The molecule has 3 aliphatic rings. The van der Waals surface area contributed by atoms with E-state index in [1.807, 2.05) is 19.2 Å². The van der Waals surface area contributed by atoms with E-state index in [0.717, 1.165) is 70.3 Å². The molecule has 3 saturated heterocycles. The van der Waals surface area contributed by atoms with Crippen molar-refractivity contribution in [2.75, 3.05) is 53.0 Å². The van der Waals surface area contributed by atoms with Gasteiger partial charge in [0.05, 0.1) is 6.61 Å². The molecule has 0 aromatic heterocycles. The van der Waals surface area contributed by atoms with E-state index in [9.17, 15) is 4.39 Å². The van der Waals surface area contributed by atoms with Crippen molar-refractivity contribution in [1.29, 1.82) is 0 Å². The molecule has 0 radical (unpaired) electrons. The van der Waals surface area contributed by atoms with Gasteiger partial charge in [0.1, 0.15) is 5.82 Å². The molecule has 4 rings (SSSR count). The summed E-state index contributed by atoms with van der Waals surface area (Å²) in [6.45, 7) is 7.70. The van der Waals surface area contributed by atoms with Gasteiger partial charge in [-0.2, -0.15) is 0 Å². The van der Waals surface area contributed by atoms with Crippen LogP contribution >= 0.6 is 0 Å². The number of nitrogens with zero attached hydrogens (tertiary/aromatic N) is 3. The van der Waals surface area contributed by atoms with Crippen molar-refractivity contribution < 1.29 is 9.13 Å². The fourth-order valence-corrected chi connectivity index (χ4v) is 4.87. The zero-order valence-electron chi connectivity index (χ0n) is 17.0. The summed E-state index contributed by atoms with van der Waals surface area (Å²) in [5.74, 6) is 1.60. The molecule has 1 aromatic carbocycles. The van der Waals surface area contributed by atoms with Gasteiger partial charge in [-0.1, -0.05) is 18.2 Å². The zero-order chi connectivity index (χ0) is 19.4. The van der Waals surface area contributed by atoms with Gasteiger partial charge in [0.15, 0.2) is 5.96 Å². The van der Waals surface area contributed by atoms with E-state index in [0.29, 0.717) is 17.9 Å². The molecule has 0 aliphatic carbocycles. The van der Waals surface area contributed by atoms with Crippen molar-refractivity contribution >= 4 is 5.96 Å². The van der Waals surface area contributed by atoms with Gasteiger partial charge in [-0.05, 0) is 50.8 Å². The lowest BCUT2D eigenvalue weighted by Gasteiger charge is -2.33. The summed E-state index contributed by atoms with van der Waals surface area (Å²) < 4.78 is 19.5. The van der Waals surface area contributed by atoms with Crippen molar-refractivity contribution in [3.63, 3.8) is 0 Å². The first kappa shape index (κ1) is 19.6. The Morgan fingerprint density at radius 3 is 2.79 bits per heavy atom. The van der Waals surface area contributed by atoms with Gasteiger partial charge in [0, 0.05) is 50.8 Å². The van der Waals surface area contributed by atoms with Crippen LogP contribution in [0.1, 0.15) is 31.2 Å². The van der Waals surface area contributed by atoms with Gasteiger partial charge >= 0.3 is 0 Å². The van der Waals surface area contributed by atoms with E-state index in [1.54, 1.807) is 12.1 Å². The molecule has 5 nitrogen and oxygen atoms in total. The molecule has 154 valence electrons. The van der Waals surface area contributed by atoms with E-state index in [2.05, 4.69) is 20.1 Å². The van der Waals surface area contributed by atoms with Gasteiger partial charge in [0.2, 0.25) is 0 Å². The third-order valence-corrected chi connectivity index (χ3v) is 6.74. The summed E-state index contributed by atoms with van der Waals surface area (Å²) in [6, 6.07) is 7.12. The second-order valence-electron chi connectivity index (χ2n) is 8.71. The average Bonchev–Trinajstić information content (AvgIpc) is 3.35. The van der Waals surface area contributed by atoms with Gasteiger partial charge < -0.3 is 15.0 Å². The molecule has 1 unspecified atom stereocenters. The maximum atomic E-state index is 13.9. The molecular formula is C22H33FN4O. The van der Waals surface area contributed by atoms with Crippen LogP contribution in [0, 0.1) is 17.2 Å². The number of likely N-dealkylation sites (tertiary alicyclic amines) is 2. The number of guanidine groups is 1. The molecule has 1 aromatic rings. The van der Waals surface area contributed by atoms with E-state index < -0.39 is 0 Å². The molecule has 3 fully saturated rings. The van der Waals surface area contributed by atoms with E-state index >= 15 is 0 Å². The summed E-state index contributed by atoms with van der Waals surface area (Å²) in [6.07, 6.45) is 4.69. The van der Waals surface area contributed by atoms with Crippen LogP contribution in [0.2, 0.25) is 0 Å². The highest BCUT2D eigenvalue weighted by molar-refractivity contribution is 5.80. The molecule has 1 atom stereocenters. The van der Waals surface area contributed by atoms with Crippen LogP contribution in [0.4, 0.5) is 4.39 Å². The van der Waals surface area contributed by atoms with Crippen LogP contribution in [0.15, 0.2) is 29.3 Å². The quantitative estimate of drug-likeness (QED) is 0.636. The summed E-state index contributed by atoms with van der Waals surface area (Å²) in [5.41, 5.74) is 1.16. The Morgan fingerprint density at radius 1 is 1.25 bits per heavy atom. The minimum absolute atomic E-state index is 0.0915. The number of piperidine rings is 1. The minimum Gasteiger partial charge on any atom is -0.381 e. The number of benzene rings is 1. The molecule has 3 heterocycles. The van der Waals surface area contributed by atoms with Crippen LogP contribution in [0.3, 0.4) is 0 Å². The Kier molecular flexibility index (Phi) is 6.16. The highest BCUT2D eigenvalue weighted by atomic mass is 19.1. The monoisotopic (exact) mass is 388 g/mol. The molecule has 0 bridgehead atoms. The molecule has 3 aliphatic heterocycles. The molecule has 6 heteroatoms. The Balaban J connectivity index is 1.21. The van der Waals surface area contributed by atoms with Crippen molar-refractivity contribution in [3.8, 4) is 0 Å². The van der Waals surface area contributed by atoms with Crippen molar-refractivity contribution in [1.82, 2.24) is 15.1 Å². The fourth-order valence-electron chi connectivity index (χ4n) is 4.87. The number of ether oxygens (including phenoxy) is 1. The topological polar surface area (TPSA) is 40.1 Å². The highest BCUT2D eigenvalue weighted by Gasteiger charge is 2.42. The SMILES string of the molecule is CN=C(NCC1CCN(Cc2ccccc2F)CC1)N1CCC2(CCOC2)C1. The normalized spacial score (nSPS) is 27.1. The minimum atomic E-state index is -0.0915. The Labute approximate surface area is 167 Å². The zero-order valence-corrected chi connectivity index (χ0v) is 17.0. The molecule has 28 heavy (non-hydrogen) atoms. The lowest BCUT2D eigenvalue weighted by atomic mass is 9.87. The van der Waals surface area contributed by atoms with Crippen molar-refractivity contribution in [2.45, 2.75) is 32.2 Å². The number of nitrogens with one attached hydrogen (secondary N) is 1. The predicted octanol–water partition coefficient (Wildman–Crippen LogP) is 2.73. The summed E-state index contributed by atoms with van der Waals surface area (Å²) in [7, 11) is 1.88. The molecular weight excluding hydrogens is 355 g/mol. The first-order chi connectivity index (χ1) is 13.7.